The molecule has 0 saturated heterocycles. The first-order chi connectivity index (χ1) is 14.3. The van der Waals surface area contributed by atoms with E-state index in [-0.39, 0.29) is 11.1 Å². The highest BCUT2D eigenvalue weighted by Gasteiger charge is 2.40. The summed E-state index contributed by atoms with van der Waals surface area (Å²) in [5.74, 6) is -2.95. The Kier molecular flexibility index (Phi) is 7.73. The largest absolute Gasteiger partial charge is 0.497 e. The monoisotopic (exact) mass is 420 g/mol. The highest BCUT2D eigenvalue weighted by atomic mass is 16.6. The van der Waals surface area contributed by atoms with E-state index in [2.05, 4.69) is 0 Å². The minimum absolute atomic E-state index is 0.00734. The van der Waals surface area contributed by atoms with E-state index in [4.69, 9.17) is 18.9 Å². The molecule has 0 aliphatic heterocycles. The van der Waals surface area contributed by atoms with Crippen molar-refractivity contribution in [2.45, 2.75) is 18.5 Å². The molecule has 3 N–H and O–H groups in total. The van der Waals surface area contributed by atoms with Crippen LogP contribution >= 0.6 is 0 Å². The lowest BCUT2D eigenvalue weighted by Crippen LogP contribution is -2.47. The van der Waals surface area contributed by atoms with Crippen molar-refractivity contribution in [1.82, 2.24) is 0 Å². The number of ether oxygens (including phenoxy) is 4. The molecule has 0 aromatic heterocycles. The Labute approximate surface area is 171 Å². The molecule has 2 atom stereocenters. The van der Waals surface area contributed by atoms with Crippen molar-refractivity contribution in [3.05, 3.63) is 59.7 Å². The van der Waals surface area contributed by atoms with Gasteiger partial charge >= 0.3 is 17.9 Å². The fraction of sp³-hybridized carbons (Fsp3) is 0.250. The van der Waals surface area contributed by atoms with Crippen LogP contribution in [-0.4, -0.2) is 65.9 Å². The molecule has 0 radical (unpaired) electrons. The molecule has 0 aliphatic rings. The average Bonchev–Trinajstić information content (AvgIpc) is 2.75. The van der Waals surface area contributed by atoms with Gasteiger partial charge in [-0.1, -0.05) is 0 Å². The van der Waals surface area contributed by atoms with Crippen molar-refractivity contribution >= 4 is 17.9 Å². The summed E-state index contributed by atoms with van der Waals surface area (Å²) in [6.07, 6.45) is -6.70. The van der Waals surface area contributed by atoms with E-state index in [0.717, 1.165) is 0 Å². The Morgan fingerprint density at radius 1 is 0.733 bits per heavy atom. The van der Waals surface area contributed by atoms with Crippen LogP contribution < -0.4 is 9.47 Å². The number of methoxy groups -OCH3 is 2. The maximum Gasteiger partial charge on any atom is 0.349 e. The predicted molar refractivity (Wildman–Crippen MR) is 100 cm³/mol. The number of benzene rings is 2. The number of carboxylic acid groups (broad SMARTS) is 1. The molecule has 30 heavy (non-hydrogen) atoms. The first kappa shape index (κ1) is 22.7. The fourth-order valence-corrected chi connectivity index (χ4v) is 2.37. The second-order valence-corrected chi connectivity index (χ2v) is 5.90. The molecule has 2 aromatic rings. The van der Waals surface area contributed by atoms with E-state index < -0.39 is 36.4 Å². The summed E-state index contributed by atoms with van der Waals surface area (Å²) in [6, 6.07) is 11.1. The number of carbonyl (C=O) groups is 3. The lowest BCUT2D eigenvalue weighted by atomic mass is 10.1. The Hall–Kier alpha value is -3.63. The zero-order chi connectivity index (χ0) is 22.3. The van der Waals surface area contributed by atoms with Gasteiger partial charge in [-0.25, -0.2) is 14.4 Å². The number of carboxylic acids is 1. The number of aliphatic carboxylic acids is 1. The lowest BCUT2D eigenvalue weighted by Gasteiger charge is -2.25. The molecular formula is C20H20O10. The molecule has 2 rings (SSSR count). The Morgan fingerprint density at radius 2 is 1.13 bits per heavy atom. The molecular weight excluding hydrogens is 400 g/mol. The Bertz CT molecular complexity index is 873. The first-order valence-electron chi connectivity index (χ1n) is 8.55. The van der Waals surface area contributed by atoms with Crippen LogP contribution in [0.1, 0.15) is 20.7 Å². The standard InChI is InChI=1S/C20H20O10/c1-27-13-7-3-11(4-8-13)19(25)29-15(17(21)22)16(18(23)24)30-20(26)12-5-9-14(28-2)10-6-12/h3-10,15-17,21-22H,1-2H3,(H,23,24)/t15-,16-/m1/s1. The van der Waals surface area contributed by atoms with Crippen LogP contribution in [0.2, 0.25) is 0 Å². The number of carbonyl (C=O) groups excluding carboxylic acids is 2. The van der Waals surface area contributed by atoms with Gasteiger partial charge in [0.25, 0.3) is 0 Å². The van der Waals surface area contributed by atoms with Crippen LogP contribution in [-0.2, 0) is 14.3 Å². The zero-order valence-corrected chi connectivity index (χ0v) is 16.1. The molecule has 0 aliphatic carbocycles. The van der Waals surface area contributed by atoms with E-state index in [9.17, 15) is 29.7 Å². The lowest BCUT2D eigenvalue weighted by molar-refractivity contribution is -0.181. The normalized spacial score (nSPS) is 12.6. The van der Waals surface area contributed by atoms with Gasteiger partial charge in [0, 0.05) is 0 Å². The molecule has 2 aromatic carbocycles. The van der Waals surface area contributed by atoms with E-state index in [1.165, 1.54) is 62.8 Å². The maximum absolute atomic E-state index is 12.3. The van der Waals surface area contributed by atoms with E-state index >= 15 is 0 Å². The molecule has 0 saturated carbocycles. The average molecular weight is 420 g/mol. The SMILES string of the molecule is COc1ccc(C(=O)O[C@@H](C(=O)O)[C@@H](OC(=O)c2ccc(OC)cc2)C(O)O)cc1. The smallest absolute Gasteiger partial charge is 0.349 e. The Morgan fingerprint density at radius 3 is 1.47 bits per heavy atom. The summed E-state index contributed by atoms with van der Waals surface area (Å²) in [5.41, 5.74) is -0.0261. The Balaban J connectivity index is 2.18. The molecule has 0 unspecified atom stereocenters. The summed E-state index contributed by atoms with van der Waals surface area (Å²) < 4.78 is 19.7. The fourth-order valence-electron chi connectivity index (χ4n) is 2.37. The van der Waals surface area contributed by atoms with Crippen LogP contribution in [0, 0.1) is 0 Å². The number of esters is 2. The summed E-state index contributed by atoms with van der Waals surface area (Å²) in [6.45, 7) is 0. The van der Waals surface area contributed by atoms with Crippen LogP contribution in [0.15, 0.2) is 48.5 Å². The molecule has 0 bridgehead atoms. The van der Waals surface area contributed by atoms with Crippen LogP contribution in [0.5, 0.6) is 11.5 Å². The van der Waals surface area contributed by atoms with Crippen molar-refractivity contribution < 1.29 is 48.7 Å². The third-order valence-corrected chi connectivity index (χ3v) is 3.96. The quantitative estimate of drug-likeness (QED) is 0.394. The summed E-state index contributed by atoms with van der Waals surface area (Å²) in [5, 5.41) is 28.5. The van der Waals surface area contributed by atoms with Gasteiger partial charge in [-0.05, 0) is 48.5 Å². The minimum atomic E-state index is -2.43. The van der Waals surface area contributed by atoms with Crippen molar-refractivity contribution in [1.29, 1.82) is 0 Å². The summed E-state index contributed by atoms with van der Waals surface area (Å²) in [7, 11) is 2.86. The second-order valence-electron chi connectivity index (χ2n) is 5.90. The second kappa shape index (κ2) is 10.2. The van der Waals surface area contributed by atoms with Gasteiger partial charge in [-0.15, -0.1) is 0 Å². The maximum atomic E-state index is 12.3. The van der Waals surface area contributed by atoms with Crippen LogP contribution in [0.25, 0.3) is 0 Å². The topological polar surface area (TPSA) is 149 Å². The molecule has 0 spiro atoms. The molecule has 0 heterocycles. The van der Waals surface area contributed by atoms with Crippen molar-refractivity contribution in [3.63, 3.8) is 0 Å². The highest BCUT2D eigenvalue weighted by molar-refractivity contribution is 5.92. The predicted octanol–water partition coefficient (Wildman–Crippen LogP) is 0.850. The van der Waals surface area contributed by atoms with Gasteiger partial charge in [0.1, 0.15) is 11.5 Å². The highest BCUT2D eigenvalue weighted by Crippen LogP contribution is 2.18. The van der Waals surface area contributed by atoms with Crippen LogP contribution in [0.3, 0.4) is 0 Å². The van der Waals surface area contributed by atoms with Gasteiger partial charge in [0.2, 0.25) is 6.10 Å². The van der Waals surface area contributed by atoms with Crippen molar-refractivity contribution in [2.24, 2.45) is 0 Å². The number of hydrogen-bond donors (Lipinski definition) is 3. The first-order valence-corrected chi connectivity index (χ1v) is 8.55. The molecule has 0 amide bonds. The van der Waals surface area contributed by atoms with Gasteiger partial charge in [-0.3, -0.25) is 0 Å². The van der Waals surface area contributed by atoms with E-state index in [1.54, 1.807) is 0 Å². The van der Waals surface area contributed by atoms with Gasteiger partial charge in [0.15, 0.2) is 12.4 Å². The van der Waals surface area contributed by atoms with E-state index in [0.29, 0.717) is 11.5 Å². The molecule has 160 valence electrons. The van der Waals surface area contributed by atoms with Gasteiger partial charge in [-0.2, -0.15) is 0 Å². The minimum Gasteiger partial charge on any atom is -0.497 e. The summed E-state index contributed by atoms with van der Waals surface area (Å²) >= 11 is 0. The van der Waals surface area contributed by atoms with Gasteiger partial charge in [0.05, 0.1) is 25.3 Å². The van der Waals surface area contributed by atoms with Crippen LogP contribution in [0.4, 0.5) is 0 Å². The van der Waals surface area contributed by atoms with Gasteiger partial charge < -0.3 is 34.3 Å². The number of aliphatic hydroxyl groups excluding tert-OH is 1. The third-order valence-electron chi connectivity index (χ3n) is 3.96. The zero-order valence-electron chi connectivity index (χ0n) is 16.1. The molecule has 10 heteroatoms. The molecule has 10 nitrogen and oxygen atoms in total. The number of aliphatic hydroxyl groups is 2. The van der Waals surface area contributed by atoms with Crippen molar-refractivity contribution in [2.75, 3.05) is 14.2 Å². The summed E-state index contributed by atoms with van der Waals surface area (Å²) in [4.78, 5) is 36.1. The number of hydrogen-bond acceptors (Lipinski definition) is 9. The third kappa shape index (κ3) is 5.69. The number of rotatable bonds is 9. The van der Waals surface area contributed by atoms with E-state index in [1.807, 2.05) is 0 Å². The molecule has 0 fully saturated rings. The van der Waals surface area contributed by atoms with Crippen molar-refractivity contribution in [3.8, 4) is 11.5 Å².